The average molecular weight is 285 g/mol. The number of hydrogen-bond acceptors (Lipinski definition) is 6. The van der Waals surface area contributed by atoms with Gasteiger partial charge in [-0.15, -0.1) is 0 Å². The predicted molar refractivity (Wildman–Crippen MR) is 76.6 cm³/mol. The van der Waals surface area contributed by atoms with Crippen LogP contribution in [0, 0.1) is 0 Å². The molecule has 0 saturated carbocycles. The molecule has 0 fully saturated rings. The van der Waals surface area contributed by atoms with Gasteiger partial charge in [-0.2, -0.15) is 0 Å². The molecule has 0 saturated heterocycles. The highest BCUT2D eigenvalue weighted by molar-refractivity contribution is 7.84. The van der Waals surface area contributed by atoms with Crippen LogP contribution in [-0.2, 0) is 15.5 Å². The van der Waals surface area contributed by atoms with Crippen LogP contribution in [0.4, 0.5) is 11.5 Å². The lowest BCUT2D eigenvalue weighted by molar-refractivity contribution is 0.0527. The van der Waals surface area contributed by atoms with E-state index in [4.69, 9.17) is 10.5 Å². The van der Waals surface area contributed by atoms with Gasteiger partial charge in [-0.25, -0.2) is 9.78 Å². The van der Waals surface area contributed by atoms with Crippen molar-refractivity contribution in [1.29, 1.82) is 0 Å². The summed E-state index contributed by atoms with van der Waals surface area (Å²) in [5.41, 5.74) is 6.30. The van der Waals surface area contributed by atoms with Crippen LogP contribution in [0.15, 0.2) is 12.3 Å². The van der Waals surface area contributed by atoms with Crippen LogP contribution in [0.3, 0.4) is 0 Å². The van der Waals surface area contributed by atoms with Crippen molar-refractivity contribution in [2.75, 3.05) is 35.7 Å². The topological polar surface area (TPSA) is 94.3 Å². The minimum absolute atomic E-state index is 0.285. The Morgan fingerprint density at radius 2 is 2.26 bits per heavy atom. The molecule has 106 valence electrons. The molecule has 3 N–H and O–H groups in total. The fourth-order valence-corrected chi connectivity index (χ4v) is 2.03. The smallest absolute Gasteiger partial charge is 0.341 e. The molecule has 7 heteroatoms. The van der Waals surface area contributed by atoms with Crippen molar-refractivity contribution in [2.24, 2.45) is 0 Å². The van der Waals surface area contributed by atoms with Crippen molar-refractivity contribution < 1.29 is 13.7 Å². The van der Waals surface area contributed by atoms with E-state index in [9.17, 15) is 9.00 Å². The Kier molecular flexibility index (Phi) is 6.27. The van der Waals surface area contributed by atoms with Crippen molar-refractivity contribution in [3.63, 3.8) is 0 Å². The number of anilines is 2. The van der Waals surface area contributed by atoms with Crippen molar-refractivity contribution >= 4 is 28.3 Å². The van der Waals surface area contributed by atoms with E-state index in [0.717, 1.165) is 0 Å². The first kappa shape index (κ1) is 15.4. The zero-order valence-electron chi connectivity index (χ0n) is 11.1. The van der Waals surface area contributed by atoms with E-state index in [1.54, 1.807) is 6.92 Å². The van der Waals surface area contributed by atoms with Crippen LogP contribution in [0.1, 0.15) is 24.2 Å². The van der Waals surface area contributed by atoms with Crippen molar-refractivity contribution in [2.45, 2.75) is 13.8 Å². The first-order valence-electron chi connectivity index (χ1n) is 6.10. The molecule has 19 heavy (non-hydrogen) atoms. The third-order valence-electron chi connectivity index (χ3n) is 2.35. The van der Waals surface area contributed by atoms with Crippen molar-refractivity contribution in [1.82, 2.24) is 4.98 Å². The number of nitrogen functional groups attached to an aromatic ring is 1. The molecule has 0 bridgehead atoms. The molecule has 0 aliphatic rings. The average Bonchev–Trinajstić information content (AvgIpc) is 2.40. The molecule has 1 aromatic rings. The van der Waals surface area contributed by atoms with Gasteiger partial charge in [-0.1, -0.05) is 6.92 Å². The Hall–Kier alpha value is -1.63. The van der Waals surface area contributed by atoms with Gasteiger partial charge >= 0.3 is 5.97 Å². The molecule has 0 aromatic carbocycles. The third-order valence-corrected chi connectivity index (χ3v) is 3.65. The molecule has 1 unspecified atom stereocenters. The van der Waals surface area contributed by atoms with Gasteiger partial charge in [-0.05, 0) is 13.0 Å². The first-order chi connectivity index (χ1) is 9.08. The number of esters is 1. The summed E-state index contributed by atoms with van der Waals surface area (Å²) < 4.78 is 16.3. The van der Waals surface area contributed by atoms with Crippen molar-refractivity contribution in [3.8, 4) is 0 Å². The molecule has 6 nitrogen and oxygen atoms in total. The lowest BCUT2D eigenvalue weighted by atomic mass is 10.2. The number of nitrogens with zero attached hydrogens (tertiary/aromatic N) is 1. The summed E-state index contributed by atoms with van der Waals surface area (Å²) in [6.45, 7) is 4.35. The Bertz CT molecular complexity index is 466. The van der Waals surface area contributed by atoms with E-state index >= 15 is 0 Å². The number of nitrogens with two attached hydrogens (primary N) is 1. The minimum Gasteiger partial charge on any atom is -0.462 e. The zero-order valence-corrected chi connectivity index (χ0v) is 12.0. The molecule has 1 rings (SSSR count). The van der Waals surface area contributed by atoms with Crippen molar-refractivity contribution in [3.05, 3.63) is 17.8 Å². The molecule has 1 aromatic heterocycles. The summed E-state index contributed by atoms with van der Waals surface area (Å²) >= 11 is 0. The van der Waals surface area contributed by atoms with E-state index in [-0.39, 0.29) is 6.61 Å². The summed E-state index contributed by atoms with van der Waals surface area (Å²) in [6.07, 6.45) is 1.46. The molecule has 0 spiro atoms. The Morgan fingerprint density at radius 3 is 2.89 bits per heavy atom. The lowest BCUT2D eigenvalue weighted by Crippen LogP contribution is -2.16. The number of pyridine rings is 1. The van der Waals surface area contributed by atoms with E-state index in [2.05, 4.69) is 10.3 Å². The van der Waals surface area contributed by atoms with Crippen LogP contribution in [0.25, 0.3) is 0 Å². The van der Waals surface area contributed by atoms with Gasteiger partial charge in [0, 0.05) is 28.9 Å². The van der Waals surface area contributed by atoms with Crippen LogP contribution in [-0.4, -0.2) is 39.8 Å². The summed E-state index contributed by atoms with van der Waals surface area (Å²) in [5, 5.41) is 2.98. The van der Waals surface area contributed by atoms with Gasteiger partial charge in [0.15, 0.2) is 0 Å². The number of rotatable bonds is 7. The summed E-state index contributed by atoms with van der Waals surface area (Å²) in [5.74, 6) is 1.05. The number of carbonyl (C=O) groups is 1. The molecule has 0 radical (unpaired) electrons. The largest absolute Gasteiger partial charge is 0.462 e. The van der Waals surface area contributed by atoms with E-state index < -0.39 is 16.8 Å². The molecular weight excluding hydrogens is 266 g/mol. The van der Waals surface area contributed by atoms with Gasteiger partial charge in [0.25, 0.3) is 0 Å². The second kappa shape index (κ2) is 7.73. The van der Waals surface area contributed by atoms with Gasteiger partial charge in [0.05, 0.1) is 18.5 Å². The molecular formula is C12H19N3O3S. The fraction of sp³-hybridized carbons (Fsp3) is 0.500. The number of hydrogen-bond donors (Lipinski definition) is 2. The highest BCUT2D eigenvalue weighted by atomic mass is 32.2. The molecule has 0 amide bonds. The lowest BCUT2D eigenvalue weighted by Gasteiger charge is -2.10. The Morgan fingerprint density at radius 1 is 1.53 bits per heavy atom. The minimum atomic E-state index is -0.857. The van der Waals surface area contributed by atoms with Crippen LogP contribution in [0.5, 0.6) is 0 Å². The zero-order chi connectivity index (χ0) is 14.3. The second-order valence-electron chi connectivity index (χ2n) is 3.74. The SMILES string of the molecule is CCOC(=O)c1cc(N)cnc1NCCS(=O)CC. The Balaban J connectivity index is 2.76. The third kappa shape index (κ3) is 4.86. The Labute approximate surface area is 115 Å². The van der Waals surface area contributed by atoms with Gasteiger partial charge in [0.2, 0.25) is 0 Å². The van der Waals surface area contributed by atoms with Crippen LogP contribution >= 0.6 is 0 Å². The van der Waals surface area contributed by atoms with Gasteiger partial charge < -0.3 is 15.8 Å². The number of ether oxygens (including phenoxy) is 1. The summed E-state index contributed by atoms with van der Waals surface area (Å²) in [7, 11) is -0.857. The predicted octanol–water partition coefficient (Wildman–Crippen LogP) is 1.02. The molecule has 0 aliphatic heterocycles. The highest BCUT2D eigenvalue weighted by Gasteiger charge is 2.14. The monoisotopic (exact) mass is 285 g/mol. The standard InChI is InChI=1S/C12H19N3O3S/c1-3-18-12(16)10-7-9(13)8-15-11(10)14-5-6-19(17)4-2/h7-8H,3-6,13H2,1-2H3,(H,14,15). The second-order valence-corrected chi connectivity index (χ2v) is 5.61. The number of aromatic nitrogens is 1. The van der Waals surface area contributed by atoms with E-state index in [1.165, 1.54) is 12.3 Å². The highest BCUT2D eigenvalue weighted by Crippen LogP contribution is 2.16. The van der Waals surface area contributed by atoms with E-state index in [0.29, 0.717) is 35.1 Å². The van der Waals surface area contributed by atoms with Gasteiger partial charge in [-0.3, -0.25) is 4.21 Å². The molecule has 1 heterocycles. The molecule has 0 aliphatic carbocycles. The summed E-state index contributed by atoms with van der Waals surface area (Å²) in [6, 6.07) is 1.52. The molecule has 1 atom stereocenters. The first-order valence-corrected chi connectivity index (χ1v) is 7.58. The maximum atomic E-state index is 11.8. The number of nitrogens with one attached hydrogen (secondary N) is 1. The maximum absolute atomic E-state index is 11.8. The van der Waals surface area contributed by atoms with Crippen LogP contribution < -0.4 is 11.1 Å². The maximum Gasteiger partial charge on any atom is 0.341 e. The normalized spacial score (nSPS) is 11.9. The van der Waals surface area contributed by atoms with Crippen LogP contribution in [0.2, 0.25) is 0 Å². The van der Waals surface area contributed by atoms with E-state index in [1.807, 2.05) is 6.92 Å². The number of carbonyl (C=O) groups excluding carboxylic acids is 1. The summed E-state index contributed by atoms with van der Waals surface area (Å²) in [4.78, 5) is 15.8. The quantitative estimate of drug-likeness (QED) is 0.726. The fourth-order valence-electron chi connectivity index (χ4n) is 1.41. The van der Waals surface area contributed by atoms with Gasteiger partial charge in [0.1, 0.15) is 11.4 Å².